The Morgan fingerprint density at radius 2 is 1.88 bits per heavy atom. The highest BCUT2D eigenvalue weighted by Gasteiger charge is 2.71. The summed E-state index contributed by atoms with van der Waals surface area (Å²) >= 11 is 0. The molecule has 1 aromatic rings. The standard InChI is InChI=1S/C24H26N2O6/c1-14-6-3-7-15(2)19(14)25-10-5-9-24-18(17-16(32-24)8-4-13-31-23(17)30)21(28)26(11-12-27)20(24)22(25)29/h3-9,16-18,20,27H,10-13H2,1-2H3/t16-,17+,18-,20?,24-/m0/s1. The molecule has 0 aromatic heterocycles. The smallest absolute Gasteiger partial charge is 0.313 e. The summed E-state index contributed by atoms with van der Waals surface area (Å²) < 4.78 is 11.7. The molecule has 0 radical (unpaired) electrons. The van der Waals surface area contributed by atoms with Crippen molar-refractivity contribution in [3.8, 4) is 0 Å². The predicted molar refractivity (Wildman–Crippen MR) is 115 cm³/mol. The second kappa shape index (κ2) is 7.56. The van der Waals surface area contributed by atoms with E-state index in [0.717, 1.165) is 16.8 Å². The van der Waals surface area contributed by atoms with Crippen LogP contribution < -0.4 is 4.90 Å². The number of benzene rings is 1. The first-order chi connectivity index (χ1) is 15.4. The number of aliphatic hydroxyl groups excluding tert-OH is 1. The maximum absolute atomic E-state index is 14.1. The topological polar surface area (TPSA) is 96.4 Å². The molecule has 1 unspecified atom stereocenters. The molecule has 5 rings (SSSR count). The molecular formula is C24H26N2O6. The predicted octanol–water partition coefficient (Wildman–Crippen LogP) is 0.892. The van der Waals surface area contributed by atoms with E-state index < -0.39 is 35.6 Å². The first kappa shape index (κ1) is 20.9. The number of cyclic esters (lactones) is 1. The normalized spacial score (nSPS) is 33.5. The Balaban J connectivity index is 1.65. The molecule has 1 N–H and O–H groups in total. The minimum absolute atomic E-state index is 0.0203. The number of nitrogens with zero attached hydrogens (tertiary/aromatic N) is 2. The molecule has 2 amide bonds. The minimum Gasteiger partial charge on any atom is -0.461 e. The van der Waals surface area contributed by atoms with Gasteiger partial charge in [0.25, 0.3) is 5.91 Å². The van der Waals surface area contributed by atoms with Crippen molar-refractivity contribution in [2.24, 2.45) is 11.8 Å². The van der Waals surface area contributed by atoms with E-state index in [2.05, 4.69) is 0 Å². The third-order valence-corrected chi connectivity index (χ3v) is 6.96. The van der Waals surface area contributed by atoms with Crippen LogP contribution in [-0.4, -0.2) is 71.8 Å². The number of likely N-dealkylation sites (tertiary alicyclic amines) is 1. The Kier molecular flexibility index (Phi) is 4.94. The maximum Gasteiger partial charge on any atom is 0.313 e. The summed E-state index contributed by atoms with van der Waals surface area (Å²) in [4.78, 5) is 43.5. The van der Waals surface area contributed by atoms with E-state index in [4.69, 9.17) is 9.47 Å². The fourth-order valence-corrected chi connectivity index (χ4v) is 5.75. The largest absolute Gasteiger partial charge is 0.461 e. The number of carbonyl (C=O) groups excluding carboxylic acids is 3. The van der Waals surface area contributed by atoms with Gasteiger partial charge in [0, 0.05) is 18.8 Å². The van der Waals surface area contributed by atoms with E-state index in [1.807, 2.05) is 38.1 Å². The number of ether oxygens (including phenoxy) is 2. The summed E-state index contributed by atoms with van der Waals surface area (Å²) in [6, 6.07) is 4.84. The van der Waals surface area contributed by atoms with Crippen molar-refractivity contribution < 1.29 is 29.0 Å². The Bertz CT molecular complexity index is 1030. The number of anilines is 1. The Morgan fingerprint density at radius 1 is 1.12 bits per heavy atom. The minimum atomic E-state index is -1.30. The van der Waals surface area contributed by atoms with E-state index >= 15 is 0 Å². The first-order valence-corrected chi connectivity index (χ1v) is 10.9. The molecule has 2 fully saturated rings. The second-order valence-corrected chi connectivity index (χ2v) is 8.75. The van der Waals surface area contributed by atoms with Crippen molar-refractivity contribution in [3.63, 3.8) is 0 Å². The number of aryl methyl sites for hydroxylation is 2. The van der Waals surface area contributed by atoms with Gasteiger partial charge < -0.3 is 24.4 Å². The van der Waals surface area contributed by atoms with Crippen LogP contribution in [0.5, 0.6) is 0 Å². The van der Waals surface area contributed by atoms with Crippen molar-refractivity contribution >= 4 is 23.5 Å². The van der Waals surface area contributed by atoms with E-state index in [1.165, 1.54) is 4.90 Å². The van der Waals surface area contributed by atoms with Crippen molar-refractivity contribution in [3.05, 3.63) is 53.6 Å². The third-order valence-electron chi connectivity index (χ3n) is 6.96. The number of amides is 2. The Labute approximate surface area is 186 Å². The van der Waals surface area contributed by atoms with Gasteiger partial charge in [-0.15, -0.1) is 0 Å². The molecule has 1 spiro atoms. The van der Waals surface area contributed by atoms with Crippen LogP contribution in [0.2, 0.25) is 0 Å². The Morgan fingerprint density at radius 3 is 2.59 bits per heavy atom. The molecule has 8 nitrogen and oxygen atoms in total. The fourth-order valence-electron chi connectivity index (χ4n) is 5.75. The molecule has 0 bridgehead atoms. The van der Waals surface area contributed by atoms with E-state index in [1.54, 1.807) is 23.1 Å². The summed E-state index contributed by atoms with van der Waals surface area (Å²) in [5.74, 6) is -2.89. The van der Waals surface area contributed by atoms with Crippen LogP contribution in [0.3, 0.4) is 0 Å². The van der Waals surface area contributed by atoms with Gasteiger partial charge in [-0.25, -0.2) is 0 Å². The fraction of sp³-hybridized carbons (Fsp3) is 0.458. The van der Waals surface area contributed by atoms with Crippen molar-refractivity contribution in [2.75, 3.05) is 31.2 Å². The lowest BCUT2D eigenvalue weighted by Crippen LogP contribution is -2.56. The van der Waals surface area contributed by atoms with Crippen LogP contribution in [0.15, 0.2) is 42.5 Å². The van der Waals surface area contributed by atoms with Crippen molar-refractivity contribution in [1.29, 1.82) is 0 Å². The SMILES string of the molecule is Cc1cccc(C)c1N1CC=C[C@]23O[C@H]4C=CCOC(=O)[C@H]4[C@H]2C(=O)N(CCO)C3C1=O. The van der Waals surface area contributed by atoms with Gasteiger partial charge in [-0.2, -0.15) is 0 Å². The van der Waals surface area contributed by atoms with Gasteiger partial charge in [0.15, 0.2) is 0 Å². The molecule has 32 heavy (non-hydrogen) atoms. The van der Waals surface area contributed by atoms with Gasteiger partial charge >= 0.3 is 5.97 Å². The highest BCUT2D eigenvalue weighted by molar-refractivity contribution is 6.06. The van der Waals surface area contributed by atoms with Gasteiger partial charge in [-0.3, -0.25) is 14.4 Å². The number of hydrogen-bond donors (Lipinski definition) is 1. The quantitative estimate of drug-likeness (QED) is 0.556. The number of para-hydroxylation sites is 1. The molecule has 168 valence electrons. The third kappa shape index (κ3) is 2.79. The summed E-state index contributed by atoms with van der Waals surface area (Å²) in [6.07, 6.45) is 6.42. The number of aliphatic hydroxyl groups is 1. The molecule has 0 saturated carbocycles. The lowest BCUT2D eigenvalue weighted by molar-refractivity contribution is -0.152. The number of fused-ring (bicyclic) bond motifs is 2. The molecule has 2 saturated heterocycles. The van der Waals surface area contributed by atoms with Gasteiger partial charge in [0.1, 0.15) is 24.2 Å². The lowest BCUT2D eigenvalue weighted by Gasteiger charge is -2.35. The van der Waals surface area contributed by atoms with E-state index in [0.29, 0.717) is 6.54 Å². The number of β-amino-alcohol motifs (C(OH)–C–C–N with tert-alkyl or cyclic N) is 1. The lowest BCUT2D eigenvalue weighted by atomic mass is 9.78. The van der Waals surface area contributed by atoms with E-state index in [9.17, 15) is 19.5 Å². The maximum atomic E-state index is 14.1. The number of carbonyl (C=O) groups is 3. The number of hydrogen-bond acceptors (Lipinski definition) is 6. The van der Waals surface area contributed by atoms with Crippen molar-refractivity contribution in [2.45, 2.75) is 31.6 Å². The molecule has 4 aliphatic rings. The molecule has 4 heterocycles. The zero-order valence-electron chi connectivity index (χ0n) is 18.1. The van der Waals surface area contributed by atoms with Gasteiger partial charge in [-0.1, -0.05) is 36.4 Å². The average Bonchev–Trinajstić information content (AvgIpc) is 3.04. The highest BCUT2D eigenvalue weighted by atomic mass is 16.6. The molecule has 8 heteroatoms. The van der Waals surface area contributed by atoms with Crippen LogP contribution in [0.25, 0.3) is 0 Å². The second-order valence-electron chi connectivity index (χ2n) is 8.75. The van der Waals surface area contributed by atoms with Gasteiger partial charge in [0.2, 0.25) is 5.91 Å². The monoisotopic (exact) mass is 438 g/mol. The summed E-state index contributed by atoms with van der Waals surface area (Å²) in [5.41, 5.74) is 1.39. The Hall–Kier alpha value is -2.97. The van der Waals surface area contributed by atoms with E-state index in [-0.39, 0.29) is 31.6 Å². The molecule has 0 aliphatic carbocycles. The molecule has 4 aliphatic heterocycles. The zero-order chi connectivity index (χ0) is 22.6. The van der Waals surface area contributed by atoms with Crippen LogP contribution in [0.4, 0.5) is 5.69 Å². The summed E-state index contributed by atoms with van der Waals surface area (Å²) in [5, 5.41) is 9.67. The molecule has 1 aromatic carbocycles. The molecule has 5 atom stereocenters. The van der Waals surface area contributed by atoms with Crippen LogP contribution >= 0.6 is 0 Å². The summed E-state index contributed by atoms with van der Waals surface area (Å²) in [6.45, 7) is 4.01. The van der Waals surface area contributed by atoms with Crippen LogP contribution in [0.1, 0.15) is 11.1 Å². The zero-order valence-corrected chi connectivity index (χ0v) is 18.1. The van der Waals surface area contributed by atoms with Gasteiger partial charge in [-0.05, 0) is 31.1 Å². The summed E-state index contributed by atoms with van der Waals surface area (Å²) in [7, 11) is 0. The number of rotatable bonds is 3. The highest BCUT2D eigenvalue weighted by Crippen LogP contribution is 2.53. The van der Waals surface area contributed by atoms with Crippen molar-refractivity contribution in [1.82, 2.24) is 4.90 Å². The van der Waals surface area contributed by atoms with Crippen LogP contribution in [0, 0.1) is 25.7 Å². The van der Waals surface area contributed by atoms with Crippen LogP contribution in [-0.2, 0) is 23.9 Å². The molecular weight excluding hydrogens is 412 g/mol. The number of esters is 1. The first-order valence-electron chi connectivity index (χ1n) is 10.9. The average molecular weight is 438 g/mol. The van der Waals surface area contributed by atoms with Gasteiger partial charge in [0.05, 0.1) is 18.6 Å².